The lowest BCUT2D eigenvalue weighted by Gasteiger charge is -2.23. The maximum atomic E-state index is 13.5. The summed E-state index contributed by atoms with van der Waals surface area (Å²) in [4.78, 5) is 31.3. The van der Waals surface area contributed by atoms with Crippen molar-refractivity contribution in [3.63, 3.8) is 0 Å². The Kier molecular flexibility index (Phi) is 4.67. The van der Waals surface area contributed by atoms with Gasteiger partial charge in [0.1, 0.15) is 24.8 Å². The molecule has 0 spiro atoms. The Morgan fingerprint density at radius 3 is 2.55 bits per heavy atom. The van der Waals surface area contributed by atoms with Crippen LogP contribution in [0.1, 0.15) is 17.2 Å². The van der Waals surface area contributed by atoms with Gasteiger partial charge in [0.05, 0.1) is 11.6 Å². The highest BCUT2D eigenvalue weighted by molar-refractivity contribution is 7.14. The SMILES string of the molecule is O=C1C(=O)N(c2nccs2)[C@H](c2ccc(F)cc2)/C1=C(\O)c1ccc2c(c1)OCCO2. The van der Waals surface area contributed by atoms with Gasteiger partial charge in [0.15, 0.2) is 16.6 Å². The smallest absolute Gasteiger partial charge is 0.301 e. The van der Waals surface area contributed by atoms with E-state index < -0.39 is 23.5 Å². The molecule has 1 atom stereocenters. The van der Waals surface area contributed by atoms with Gasteiger partial charge in [-0.25, -0.2) is 9.37 Å². The van der Waals surface area contributed by atoms with Crippen molar-refractivity contribution >= 4 is 33.9 Å². The number of amides is 1. The van der Waals surface area contributed by atoms with Gasteiger partial charge >= 0.3 is 5.91 Å². The normalized spacial score (nSPS) is 19.6. The average Bonchev–Trinajstić information content (AvgIpc) is 3.40. The van der Waals surface area contributed by atoms with E-state index in [1.54, 1.807) is 23.6 Å². The van der Waals surface area contributed by atoms with Crippen LogP contribution >= 0.6 is 11.3 Å². The second-order valence-electron chi connectivity index (χ2n) is 6.89. The molecule has 1 fully saturated rings. The van der Waals surface area contributed by atoms with Crippen LogP contribution in [-0.2, 0) is 9.59 Å². The van der Waals surface area contributed by atoms with Gasteiger partial charge in [0, 0.05) is 17.1 Å². The van der Waals surface area contributed by atoms with E-state index in [0.29, 0.717) is 41.0 Å². The number of aromatic nitrogens is 1. The second kappa shape index (κ2) is 7.51. The fourth-order valence-corrected chi connectivity index (χ4v) is 4.34. The van der Waals surface area contributed by atoms with Gasteiger partial charge in [0.25, 0.3) is 5.78 Å². The lowest BCUT2D eigenvalue weighted by molar-refractivity contribution is -0.132. The van der Waals surface area contributed by atoms with Crippen LogP contribution in [0.3, 0.4) is 0 Å². The van der Waals surface area contributed by atoms with E-state index in [9.17, 15) is 19.1 Å². The number of nitrogens with zero attached hydrogens (tertiary/aromatic N) is 2. The minimum Gasteiger partial charge on any atom is -0.507 e. The first kappa shape index (κ1) is 19.3. The zero-order chi connectivity index (χ0) is 21.5. The van der Waals surface area contributed by atoms with Crippen molar-refractivity contribution in [1.82, 2.24) is 4.98 Å². The van der Waals surface area contributed by atoms with Gasteiger partial charge < -0.3 is 14.6 Å². The van der Waals surface area contributed by atoms with Crippen molar-refractivity contribution < 1.29 is 28.6 Å². The zero-order valence-corrected chi connectivity index (χ0v) is 16.8. The van der Waals surface area contributed by atoms with E-state index >= 15 is 0 Å². The first-order chi connectivity index (χ1) is 15.0. The third-order valence-electron chi connectivity index (χ3n) is 5.07. The molecule has 1 saturated heterocycles. The molecule has 0 bridgehead atoms. The van der Waals surface area contributed by atoms with Crippen LogP contribution < -0.4 is 14.4 Å². The van der Waals surface area contributed by atoms with Gasteiger partial charge in [-0.15, -0.1) is 11.3 Å². The van der Waals surface area contributed by atoms with Crippen molar-refractivity contribution in [3.8, 4) is 11.5 Å². The van der Waals surface area contributed by atoms with Gasteiger partial charge in [-0.1, -0.05) is 12.1 Å². The number of hydrogen-bond acceptors (Lipinski definition) is 7. The molecule has 0 aliphatic carbocycles. The van der Waals surface area contributed by atoms with Crippen LogP contribution in [0.2, 0.25) is 0 Å². The highest BCUT2D eigenvalue weighted by Gasteiger charge is 2.48. The maximum Gasteiger partial charge on any atom is 0.301 e. The quantitative estimate of drug-likeness (QED) is 0.381. The number of aliphatic hydroxyl groups excluding tert-OH is 1. The first-order valence-corrected chi connectivity index (χ1v) is 10.3. The maximum absolute atomic E-state index is 13.5. The van der Waals surface area contributed by atoms with Crippen molar-refractivity contribution in [2.75, 3.05) is 18.1 Å². The summed E-state index contributed by atoms with van der Waals surface area (Å²) in [7, 11) is 0. The Morgan fingerprint density at radius 2 is 1.84 bits per heavy atom. The number of Topliss-reactive ketones (excluding diaryl/α,β-unsaturated/α-hetero) is 1. The van der Waals surface area contributed by atoms with Crippen molar-refractivity contribution in [3.05, 3.63) is 76.6 Å². The Balaban J connectivity index is 1.68. The molecule has 1 amide bonds. The number of ketones is 1. The molecule has 2 aliphatic heterocycles. The molecular weight excluding hydrogens is 423 g/mol. The highest BCUT2D eigenvalue weighted by atomic mass is 32.1. The van der Waals surface area contributed by atoms with Gasteiger partial charge in [0.2, 0.25) is 0 Å². The molecule has 5 rings (SSSR count). The molecule has 3 aromatic rings. The summed E-state index contributed by atoms with van der Waals surface area (Å²) in [6.45, 7) is 0.781. The van der Waals surface area contributed by atoms with Gasteiger partial charge in [-0.3, -0.25) is 14.5 Å². The van der Waals surface area contributed by atoms with E-state index in [-0.39, 0.29) is 11.3 Å². The molecule has 9 heteroatoms. The molecule has 1 aromatic heterocycles. The Hall–Kier alpha value is -3.72. The topological polar surface area (TPSA) is 89.0 Å². The number of ether oxygens (including phenoxy) is 2. The van der Waals surface area contributed by atoms with E-state index in [2.05, 4.69) is 4.98 Å². The molecule has 0 unspecified atom stereocenters. The molecule has 31 heavy (non-hydrogen) atoms. The van der Waals surface area contributed by atoms with Crippen LogP contribution in [0.25, 0.3) is 5.76 Å². The van der Waals surface area contributed by atoms with E-state index in [0.717, 1.165) is 0 Å². The molecule has 7 nitrogen and oxygen atoms in total. The highest BCUT2D eigenvalue weighted by Crippen LogP contribution is 2.43. The summed E-state index contributed by atoms with van der Waals surface area (Å²) < 4.78 is 24.6. The second-order valence-corrected chi connectivity index (χ2v) is 7.77. The number of aliphatic hydroxyl groups is 1. The third-order valence-corrected chi connectivity index (χ3v) is 5.84. The number of fused-ring (bicyclic) bond motifs is 1. The molecular formula is C22H15FN2O5S. The fraction of sp³-hybridized carbons (Fsp3) is 0.136. The van der Waals surface area contributed by atoms with E-state index in [4.69, 9.17) is 9.47 Å². The lowest BCUT2D eigenvalue weighted by atomic mass is 9.95. The number of benzene rings is 2. The number of carbonyl (C=O) groups is 2. The summed E-state index contributed by atoms with van der Waals surface area (Å²) in [5, 5.41) is 13.1. The number of halogens is 1. The Morgan fingerprint density at radius 1 is 1.10 bits per heavy atom. The number of rotatable bonds is 3. The number of hydrogen-bond donors (Lipinski definition) is 1. The fourth-order valence-electron chi connectivity index (χ4n) is 3.67. The summed E-state index contributed by atoms with van der Waals surface area (Å²) in [6, 6.07) is 9.24. The minimum absolute atomic E-state index is 0.108. The van der Waals surface area contributed by atoms with Crippen LogP contribution in [0.15, 0.2) is 59.6 Å². The first-order valence-electron chi connectivity index (χ1n) is 9.40. The summed E-state index contributed by atoms with van der Waals surface area (Å²) >= 11 is 1.18. The monoisotopic (exact) mass is 438 g/mol. The Bertz CT molecular complexity index is 1210. The van der Waals surface area contributed by atoms with Crippen molar-refractivity contribution in [2.45, 2.75) is 6.04 Å². The van der Waals surface area contributed by atoms with Crippen LogP contribution in [0.4, 0.5) is 9.52 Å². The lowest BCUT2D eigenvalue weighted by Crippen LogP contribution is -2.29. The summed E-state index contributed by atoms with van der Waals surface area (Å²) in [5.41, 5.74) is 0.659. The molecule has 2 aliphatic rings. The predicted molar refractivity (Wildman–Crippen MR) is 111 cm³/mol. The summed E-state index contributed by atoms with van der Waals surface area (Å²) in [5.74, 6) is -1.52. The standard InChI is InChI=1S/C22H15FN2O5S/c23-14-4-1-12(2-5-14)18-17(20(27)21(28)25(18)22-24-7-10-31-22)19(26)13-3-6-15-16(11-13)30-9-8-29-15/h1-7,10-11,18,26H,8-9H2/b19-17+/t18-/m1/s1. The molecule has 2 aromatic carbocycles. The molecule has 3 heterocycles. The number of anilines is 1. The van der Waals surface area contributed by atoms with Gasteiger partial charge in [-0.2, -0.15) is 0 Å². The van der Waals surface area contributed by atoms with Crippen LogP contribution in [0, 0.1) is 5.82 Å². The molecule has 0 saturated carbocycles. The van der Waals surface area contributed by atoms with Crippen molar-refractivity contribution in [1.29, 1.82) is 0 Å². The molecule has 0 radical (unpaired) electrons. The van der Waals surface area contributed by atoms with Crippen molar-refractivity contribution in [2.24, 2.45) is 0 Å². The van der Waals surface area contributed by atoms with Gasteiger partial charge in [-0.05, 0) is 35.9 Å². The third kappa shape index (κ3) is 3.23. The predicted octanol–water partition coefficient (Wildman–Crippen LogP) is 3.68. The zero-order valence-electron chi connectivity index (χ0n) is 15.9. The molecule has 156 valence electrons. The number of carbonyl (C=O) groups excluding carboxylic acids is 2. The van der Waals surface area contributed by atoms with E-state index in [1.165, 1.54) is 46.7 Å². The number of thiazole rings is 1. The average molecular weight is 438 g/mol. The van der Waals surface area contributed by atoms with Crippen LogP contribution in [-0.4, -0.2) is 35.0 Å². The summed E-state index contributed by atoms with van der Waals surface area (Å²) in [6.07, 6.45) is 1.52. The largest absolute Gasteiger partial charge is 0.507 e. The van der Waals surface area contributed by atoms with E-state index in [1.807, 2.05) is 0 Å². The van der Waals surface area contributed by atoms with Crippen LogP contribution in [0.5, 0.6) is 11.5 Å². The Labute approximate surface area is 180 Å². The molecule has 1 N–H and O–H groups in total. The minimum atomic E-state index is -0.958.